The summed E-state index contributed by atoms with van der Waals surface area (Å²) in [7, 11) is 1.57. The lowest BCUT2D eigenvalue weighted by molar-refractivity contribution is 0.0342. The molecule has 0 unspecified atom stereocenters. The molecule has 132 valence electrons. The van der Waals surface area contributed by atoms with Gasteiger partial charge >= 0.3 is 0 Å². The van der Waals surface area contributed by atoms with Crippen molar-refractivity contribution in [3.05, 3.63) is 65.2 Å². The molecule has 1 aliphatic heterocycles. The van der Waals surface area contributed by atoms with Gasteiger partial charge in [0, 0.05) is 26.2 Å². The van der Waals surface area contributed by atoms with Crippen LogP contribution in [0.25, 0.3) is 0 Å². The molecule has 1 aliphatic rings. The summed E-state index contributed by atoms with van der Waals surface area (Å²) in [6.07, 6.45) is 0. The van der Waals surface area contributed by atoms with E-state index < -0.39 is 0 Å². The van der Waals surface area contributed by atoms with Crippen LogP contribution in [0.2, 0.25) is 0 Å². The number of rotatable bonds is 6. The summed E-state index contributed by atoms with van der Waals surface area (Å²) in [6.45, 7) is 4.94. The van der Waals surface area contributed by atoms with Crippen LogP contribution in [0.1, 0.15) is 21.5 Å². The Morgan fingerprint density at radius 1 is 1.12 bits per heavy atom. The minimum Gasteiger partial charge on any atom is -0.496 e. The highest BCUT2D eigenvalue weighted by Crippen LogP contribution is 2.17. The first-order valence-corrected chi connectivity index (χ1v) is 8.55. The maximum absolute atomic E-state index is 12.4. The van der Waals surface area contributed by atoms with Crippen LogP contribution in [0.4, 0.5) is 0 Å². The Balaban J connectivity index is 1.59. The van der Waals surface area contributed by atoms with Gasteiger partial charge in [-0.2, -0.15) is 0 Å². The minimum atomic E-state index is -0.129. The third-order valence-corrected chi connectivity index (χ3v) is 4.31. The van der Waals surface area contributed by atoms with Crippen molar-refractivity contribution in [3.63, 3.8) is 0 Å². The molecule has 1 saturated heterocycles. The number of nitrogens with one attached hydrogen (secondary N) is 1. The number of benzene rings is 2. The van der Waals surface area contributed by atoms with Gasteiger partial charge in [-0.3, -0.25) is 9.69 Å². The number of amides is 1. The fourth-order valence-corrected chi connectivity index (χ4v) is 2.97. The van der Waals surface area contributed by atoms with Crippen LogP contribution in [0.5, 0.6) is 5.75 Å². The fourth-order valence-electron chi connectivity index (χ4n) is 2.97. The second kappa shape index (κ2) is 8.65. The van der Waals surface area contributed by atoms with Crippen LogP contribution in [0, 0.1) is 0 Å². The average Bonchev–Trinajstić information content (AvgIpc) is 2.67. The third-order valence-electron chi connectivity index (χ3n) is 4.31. The van der Waals surface area contributed by atoms with E-state index in [4.69, 9.17) is 9.47 Å². The summed E-state index contributed by atoms with van der Waals surface area (Å²) in [5, 5.41) is 2.97. The predicted octanol–water partition coefficient (Wildman–Crippen LogP) is 2.46. The molecular weight excluding hydrogens is 316 g/mol. The van der Waals surface area contributed by atoms with Crippen molar-refractivity contribution in [1.82, 2.24) is 10.2 Å². The molecule has 5 nitrogen and oxygen atoms in total. The van der Waals surface area contributed by atoms with Crippen molar-refractivity contribution >= 4 is 5.91 Å². The molecule has 2 aromatic carbocycles. The van der Waals surface area contributed by atoms with Crippen molar-refractivity contribution in [1.29, 1.82) is 0 Å². The van der Waals surface area contributed by atoms with Crippen LogP contribution in [-0.4, -0.2) is 44.2 Å². The molecule has 0 bridgehead atoms. The van der Waals surface area contributed by atoms with Crippen molar-refractivity contribution < 1.29 is 14.3 Å². The number of methoxy groups -OCH3 is 1. The lowest BCUT2D eigenvalue weighted by Gasteiger charge is -2.26. The number of carbonyl (C=O) groups excluding carboxylic acids is 1. The van der Waals surface area contributed by atoms with Crippen LogP contribution in [0.3, 0.4) is 0 Å². The van der Waals surface area contributed by atoms with E-state index in [1.54, 1.807) is 19.2 Å². The summed E-state index contributed by atoms with van der Waals surface area (Å²) in [4.78, 5) is 14.8. The number of nitrogens with zero attached hydrogens (tertiary/aromatic N) is 1. The lowest BCUT2D eigenvalue weighted by atomic mass is 10.1. The van der Waals surface area contributed by atoms with Gasteiger partial charge < -0.3 is 14.8 Å². The molecule has 0 saturated carbocycles. The largest absolute Gasteiger partial charge is 0.496 e. The summed E-state index contributed by atoms with van der Waals surface area (Å²) >= 11 is 0. The maximum atomic E-state index is 12.4. The second-order valence-corrected chi connectivity index (χ2v) is 6.09. The highest BCUT2D eigenvalue weighted by atomic mass is 16.5. The van der Waals surface area contributed by atoms with Crippen molar-refractivity contribution in [2.75, 3.05) is 33.4 Å². The fraction of sp³-hybridized carbons (Fsp3) is 0.350. The Bertz CT molecular complexity index is 712. The van der Waals surface area contributed by atoms with E-state index in [9.17, 15) is 4.79 Å². The smallest absolute Gasteiger partial charge is 0.255 e. The molecular formula is C20H24N2O3. The highest BCUT2D eigenvalue weighted by molar-refractivity contribution is 5.96. The van der Waals surface area contributed by atoms with E-state index in [1.807, 2.05) is 24.3 Å². The standard InChI is InChI=1S/C20H24N2O3/c1-24-19-8-3-2-7-18(19)20(23)21-14-16-5-4-6-17(13-16)15-22-9-11-25-12-10-22/h2-8,13H,9-12,14-15H2,1H3,(H,21,23). The molecule has 0 spiro atoms. The SMILES string of the molecule is COc1ccccc1C(=O)NCc1cccc(CN2CCOCC2)c1. The molecule has 0 radical (unpaired) electrons. The molecule has 0 atom stereocenters. The normalized spacial score (nSPS) is 14.9. The first-order valence-electron chi connectivity index (χ1n) is 8.55. The van der Waals surface area contributed by atoms with Crippen molar-refractivity contribution in [2.24, 2.45) is 0 Å². The van der Waals surface area contributed by atoms with Crippen molar-refractivity contribution in [2.45, 2.75) is 13.1 Å². The Labute approximate surface area is 148 Å². The van der Waals surface area contributed by atoms with E-state index >= 15 is 0 Å². The zero-order chi connectivity index (χ0) is 17.5. The Morgan fingerprint density at radius 2 is 1.88 bits per heavy atom. The maximum Gasteiger partial charge on any atom is 0.255 e. The Hall–Kier alpha value is -2.37. The lowest BCUT2D eigenvalue weighted by Crippen LogP contribution is -2.35. The van der Waals surface area contributed by atoms with E-state index in [1.165, 1.54) is 5.56 Å². The van der Waals surface area contributed by atoms with Gasteiger partial charge in [0.1, 0.15) is 5.75 Å². The van der Waals surface area contributed by atoms with Gasteiger partial charge in [0.05, 0.1) is 25.9 Å². The number of ether oxygens (including phenoxy) is 2. The summed E-state index contributed by atoms with van der Waals surface area (Å²) < 4.78 is 10.6. The number of carbonyl (C=O) groups is 1. The minimum absolute atomic E-state index is 0.129. The van der Waals surface area contributed by atoms with E-state index in [2.05, 4.69) is 22.3 Å². The average molecular weight is 340 g/mol. The van der Waals surface area contributed by atoms with Gasteiger partial charge in [0.25, 0.3) is 5.91 Å². The number of para-hydroxylation sites is 1. The molecule has 0 aliphatic carbocycles. The van der Waals surface area contributed by atoms with Gasteiger partial charge in [-0.05, 0) is 23.3 Å². The molecule has 2 aromatic rings. The summed E-state index contributed by atoms with van der Waals surface area (Å²) in [5.74, 6) is 0.456. The quantitative estimate of drug-likeness (QED) is 0.878. The zero-order valence-electron chi connectivity index (χ0n) is 14.5. The zero-order valence-corrected chi connectivity index (χ0v) is 14.5. The third kappa shape index (κ3) is 4.81. The molecule has 5 heteroatoms. The van der Waals surface area contributed by atoms with Crippen LogP contribution >= 0.6 is 0 Å². The van der Waals surface area contributed by atoms with Gasteiger partial charge in [0.15, 0.2) is 0 Å². The van der Waals surface area contributed by atoms with E-state index in [-0.39, 0.29) is 5.91 Å². The van der Waals surface area contributed by atoms with Crippen LogP contribution < -0.4 is 10.1 Å². The van der Waals surface area contributed by atoms with Crippen LogP contribution in [0.15, 0.2) is 48.5 Å². The van der Waals surface area contributed by atoms with Gasteiger partial charge in [-0.15, -0.1) is 0 Å². The molecule has 0 aromatic heterocycles. The highest BCUT2D eigenvalue weighted by Gasteiger charge is 2.12. The van der Waals surface area contributed by atoms with Gasteiger partial charge in [0.2, 0.25) is 0 Å². The van der Waals surface area contributed by atoms with E-state index in [0.29, 0.717) is 17.9 Å². The monoisotopic (exact) mass is 340 g/mol. The first-order chi connectivity index (χ1) is 12.3. The molecule has 1 heterocycles. The Morgan fingerprint density at radius 3 is 2.68 bits per heavy atom. The topological polar surface area (TPSA) is 50.8 Å². The summed E-state index contributed by atoms with van der Waals surface area (Å²) in [5.41, 5.74) is 2.90. The second-order valence-electron chi connectivity index (χ2n) is 6.09. The first kappa shape index (κ1) is 17.5. The molecule has 1 N–H and O–H groups in total. The molecule has 1 amide bonds. The molecule has 3 rings (SSSR count). The number of hydrogen-bond donors (Lipinski definition) is 1. The van der Waals surface area contributed by atoms with Gasteiger partial charge in [-0.25, -0.2) is 0 Å². The Kier molecular flexibility index (Phi) is 6.04. The molecule has 25 heavy (non-hydrogen) atoms. The van der Waals surface area contributed by atoms with Gasteiger partial charge in [-0.1, -0.05) is 36.4 Å². The number of hydrogen-bond acceptors (Lipinski definition) is 4. The summed E-state index contributed by atoms with van der Waals surface area (Å²) in [6, 6.07) is 15.6. The number of morpholine rings is 1. The van der Waals surface area contributed by atoms with E-state index in [0.717, 1.165) is 38.4 Å². The van der Waals surface area contributed by atoms with Crippen LogP contribution in [-0.2, 0) is 17.8 Å². The van der Waals surface area contributed by atoms with Crippen molar-refractivity contribution in [3.8, 4) is 5.75 Å². The molecule has 1 fully saturated rings. The predicted molar refractivity (Wildman–Crippen MR) is 96.7 cm³/mol.